The predicted molar refractivity (Wildman–Crippen MR) is 70.4 cm³/mol. The number of nitrogens with zero attached hydrogens (tertiary/aromatic N) is 1. The van der Waals surface area contributed by atoms with Crippen LogP contribution in [0.1, 0.15) is 47.5 Å². The summed E-state index contributed by atoms with van der Waals surface area (Å²) >= 11 is 0. The van der Waals surface area contributed by atoms with Gasteiger partial charge in [0.15, 0.2) is 0 Å². The Bertz CT molecular complexity index is 303. The van der Waals surface area contributed by atoms with Crippen molar-refractivity contribution in [1.82, 2.24) is 4.90 Å². The van der Waals surface area contributed by atoms with Gasteiger partial charge in [0.2, 0.25) is 0 Å². The summed E-state index contributed by atoms with van der Waals surface area (Å²) in [6.45, 7) is 11.0. The maximum absolute atomic E-state index is 11.8. The van der Waals surface area contributed by atoms with Gasteiger partial charge in [-0.2, -0.15) is 0 Å². The normalized spacial score (nSPS) is 26.5. The Morgan fingerprint density at radius 2 is 1.61 bits per heavy atom. The van der Waals surface area contributed by atoms with E-state index in [1.807, 2.05) is 34.6 Å². The lowest BCUT2D eigenvalue weighted by Gasteiger charge is -2.24. The second-order valence-electron chi connectivity index (χ2n) is 5.85. The summed E-state index contributed by atoms with van der Waals surface area (Å²) in [5.74, 6) is 1.10. The number of fused-ring (bicyclic) bond motifs is 1. The maximum Gasteiger partial charge on any atom is 0.410 e. The smallest absolute Gasteiger partial charge is 0.410 e. The van der Waals surface area contributed by atoms with E-state index in [9.17, 15) is 9.59 Å². The van der Waals surface area contributed by atoms with Crippen LogP contribution in [0.3, 0.4) is 0 Å². The Hall–Kier alpha value is -1.06. The first-order valence-corrected chi connectivity index (χ1v) is 6.85. The van der Waals surface area contributed by atoms with Gasteiger partial charge >= 0.3 is 6.09 Å². The van der Waals surface area contributed by atoms with Crippen LogP contribution in [0.5, 0.6) is 0 Å². The third-order valence-electron chi connectivity index (χ3n) is 3.21. The summed E-state index contributed by atoms with van der Waals surface area (Å²) in [6.07, 6.45) is 1.04. The molecule has 1 saturated heterocycles. The van der Waals surface area contributed by atoms with Crippen LogP contribution in [0.25, 0.3) is 0 Å². The number of Topliss-reactive ketones (excluding diaryl/α,β-unsaturated/α-hetero) is 1. The topological polar surface area (TPSA) is 46.6 Å². The molecule has 104 valence electrons. The molecule has 2 rings (SSSR count). The number of amides is 1. The van der Waals surface area contributed by atoms with Crippen LogP contribution in [0.4, 0.5) is 4.79 Å². The molecule has 1 heterocycles. The first kappa shape index (κ1) is 15.0. The molecule has 0 bridgehead atoms. The number of rotatable bonds is 0. The predicted octanol–water partition coefficient (Wildman–Crippen LogP) is 2.86. The van der Waals surface area contributed by atoms with E-state index >= 15 is 0 Å². The van der Waals surface area contributed by atoms with Gasteiger partial charge in [-0.25, -0.2) is 4.79 Å². The minimum atomic E-state index is -0.440. The molecule has 0 aromatic rings. The molecule has 0 spiro atoms. The van der Waals surface area contributed by atoms with Gasteiger partial charge in [-0.1, -0.05) is 13.8 Å². The Kier molecular flexibility index (Phi) is 4.77. The fourth-order valence-corrected chi connectivity index (χ4v) is 2.55. The highest BCUT2D eigenvalue weighted by atomic mass is 16.6. The van der Waals surface area contributed by atoms with Crippen molar-refractivity contribution >= 4 is 11.9 Å². The van der Waals surface area contributed by atoms with E-state index in [4.69, 9.17) is 4.74 Å². The number of ether oxygens (including phenoxy) is 1. The van der Waals surface area contributed by atoms with Gasteiger partial charge in [-0.05, 0) is 32.6 Å². The van der Waals surface area contributed by atoms with Gasteiger partial charge in [0, 0.05) is 25.9 Å². The monoisotopic (exact) mass is 255 g/mol. The maximum atomic E-state index is 11.8. The van der Waals surface area contributed by atoms with Crippen LogP contribution in [-0.4, -0.2) is 35.5 Å². The van der Waals surface area contributed by atoms with Gasteiger partial charge in [0.25, 0.3) is 0 Å². The first-order chi connectivity index (χ1) is 8.35. The quantitative estimate of drug-likeness (QED) is 0.668. The lowest BCUT2D eigenvalue weighted by atomic mass is 10.0. The van der Waals surface area contributed by atoms with Crippen molar-refractivity contribution in [2.75, 3.05) is 13.1 Å². The standard InChI is InChI=1S/C12H19NO3.C2H6/c1-12(2,3)16-11(15)13-6-8-4-10(14)5-9(8)7-13;1-2/h8-9H,4-7H2,1-3H3;1-2H3. The van der Waals surface area contributed by atoms with E-state index in [1.54, 1.807) is 4.90 Å². The van der Waals surface area contributed by atoms with E-state index in [0.717, 1.165) is 0 Å². The minimum absolute atomic E-state index is 0.241. The largest absolute Gasteiger partial charge is 0.444 e. The summed E-state index contributed by atoms with van der Waals surface area (Å²) in [5.41, 5.74) is -0.440. The Morgan fingerprint density at radius 3 is 2.00 bits per heavy atom. The molecule has 1 saturated carbocycles. The Labute approximate surface area is 110 Å². The number of ketones is 1. The van der Waals surface area contributed by atoms with Crippen molar-refractivity contribution in [2.45, 2.75) is 53.1 Å². The van der Waals surface area contributed by atoms with E-state index in [0.29, 0.717) is 43.6 Å². The Morgan fingerprint density at radius 1 is 1.17 bits per heavy atom. The summed E-state index contributed by atoms with van der Waals surface area (Å²) in [5, 5.41) is 0. The van der Waals surface area contributed by atoms with Gasteiger partial charge in [0.05, 0.1) is 0 Å². The first-order valence-electron chi connectivity index (χ1n) is 6.85. The highest BCUT2D eigenvalue weighted by Gasteiger charge is 2.42. The van der Waals surface area contributed by atoms with Gasteiger partial charge in [-0.3, -0.25) is 4.79 Å². The van der Waals surface area contributed by atoms with Gasteiger partial charge < -0.3 is 9.64 Å². The molecule has 0 radical (unpaired) electrons. The third kappa shape index (κ3) is 3.72. The number of hydrogen-bond acceptors (Lipinski definition) is 3. The summed E-state index contributed by atoms with van der Waals surface area (Å²) in [6, 6.07) is 0. The summed E-state index contributed by atoms with van der Waals surface area (Å²) in [7, 11) is 0. The van der Waals surface area contributed by atoms with Crippen LogP contribution in [0.15, 0.2) is 0 Å². The zero-order valence-electron chi connectivity index (χ0n) is 12.2. The van der Waals surface area contributed by atoms with Crippen molar-refractivity contribution in [3.63, 3.8) is 0 Å². The second-order valence-corrected chi connectivity index (χ2v) is 5.85. The van der Waals surface area contributed by atoms with Crippen molar-refractivity contribution in [3.05, 3.63) is 0 Å². The van der Waals surface area contributed by atoms with Gasteiger partial charge in [-0.15, -0.1) is 0 Å². The lowest BCUT2D eigenvalue weighted by Crippen LogP contribution is -2.36. The molecule has 1 aliphatic carbocycles. The van der Waals surface area contributed by atoms with E-state index < -0.39 is 5.60 Å². The van der Waals surface area contributed by atoms with Crippen molar-refractivity contribution in [2.24, 2.45) is 11.8 Å². The molecule has 0 aromatic carbocycles. The highest BCUT2D eigenvalue weighted by molar-refractivity contribution is 5.82. The second kappa shape index (κ2) is 5.72. The average Bonchev–Trinajstić information content (AvgIpc) is 2.75. The van der Waals surface area contributed by atoms with Crippen LogP contribution in [0.2, 0.25) is 0 Å². The molecule has 1 aliphatic heterocycles. The molecule has 2 atom stereocenters. The summed E-state index contributed by atoms with van der Waals surface area (Å²) in [4.78, 5) is 24.8. The molecule has 4 heteroatoms. The Balaban J connectivity index is 0.000000771. The zero-order valence-corrected chi connectivity index (χ0v) is 12.2. The number of carbonyl (C=O) groups is 2. The molecular formula is C14H25NO3. The zero-order chi connectivity index (χ0) is 13.9. The SMILES string of the molecule is CC.CC(C)(C)OC(=O)N1CC2CC(=O)CC2C1. The highest BCUT2D eigenvalue weighted by Crippen LogP contribution is 2.36. The molecule has 0 N–H and O–H groups in total. The molecule has 2 fully saturated rings. The molecule has 0 aromatic heterocycles. The van der Waals surface area contributed by atoms with Crippen LogP contribution in [0, 0.1) is 11.8 Å². The van der Waals surface area contributed by atoms with Crippen molar-refractivity contribution in [1.29, 1.82) is 0 Å². The van der Waals surface area contributed by atoms with Crippen LogP contribution >= 0.6 is 0 Å². The fourth-order valence-electron chi connectivity index (χ4n) is 2.55. The fraction of sp³-hybridized carbons (Fsp3) is 0.857. The van der Waals surface area contributed by atoms with Crippen LogP contribution < -0.4 is 0 Å². The minimum Gasteiger partial charge on any atom is -0.444 e. The van der Waals surface area contributed by atoms with Crippen molar-refractivity contribution in [3.8, 4) is 0 Å². The number of carbonyl (C=O) groups excluding carboxylic acids is 2. The number of hydrogen-bond donors (Lipinski definition) is 0. The lowest BCUT2D eigenvalue weighted by molar-refractivity contribution is -0.118. The van der Waals surface area contributed by atoms with Crippen molar-refractivity contribution < 1.29 is 14.3 Å². The summed E-state index contributed by atoms with van der Waals surface area (Å²) < 4.78 is 5.32. The molecule has 18 heavy (non-hydrogen) atoms. The molecule has 2 unspecified atom stereocenters. The third-order valence-corrected chi connectivity index (χ3v) is 3.21. The molecule has 2 aliphatic rings. The molecule has 1 amide bonds. The van der Waals surface area contributed by atoms with Gasteiger partial charge in [0.1, 0.15) is 11.4 Å². The average molecular weight is 255 g/mol. The number of likely N-dealkylation sites (tertiary alicyclic amines) is 1. The molecular weight excluding hydrogens is 230 g/mol. The van der Waals surface area contributed by atoms with E-state index in [2.05, 4.69) is 0 Å². The van der Waals surface area contributed by atoms with Crippen LogP contribution in [-0.2, 0) is 9.53 Å². The van der Waals surface area contributed by atoms with E-state index in [-0.39, 0.29) is 6.09 Å². The molecule has 4 nitrogen and oxygen atoms in total. The van der Waals surface area contributed by atoms with E-state index in [1.165, 1.54) is 0 Å².